The Morgan fingerprint density at radius 1 is 0.862 bits per heavy atom. The zero-order valence-corrected chi connectivity index (χ0v) is 16.8. The first-order valence-electron chi connectivity index (χ1n) is 9.77. The summed E-state index contributed by atoms with van der Waals surface area (Å²) in [5.74, 6) is -0.189. The standard InChI is InChI=1S/C21H23N3O4S/c25-20-4-3-15-24(20)18-9-5-16(6-10-18)21(26)22-17-7-11-19(12-8-17)29(27,28)23-13-1-2-14-23/h5-12H,1-4,13-15H2,(H,22,26). The highest BCUT2D eigenvalue weighted by Gasteiger charge is 2.27. The van der Waals surface area contributed by atoms with E-state index < -0.39 is 10.0 Å². The average Bonchev–Trinajstić information content (AvgIpc) is 3.41. The van der Waals surface area contributed by atoms with Crippen molar-refractivity contribution in [1.29, 1.82) is 0 Å². The van der Waals surface area contributed by atoms with Crippen LogP contribution in [0, 0.1) is 0 Å². The molecule has 0 aromatic heterocycles. The van der Waals surface area contributed by atoms with Crippen molar-refractivity contribution >= 4 is 33.2 Å². The first-order valence-corrected chi connectivity index (χ1v) is 11.2. The third kappa shape index (κ3) is 4.04. The molecule has 29 heavy (non-hydrogen) atoms. The van der Waals surface area contributed by atoms with Gasteiger partial charge in [0.25, 0.3) is 5.91 Å². The fourth-order valence-corrected chi connectivity index (χ4v) is 5.22. The maximum Gasteiger partial charge on any atom is 0.255 e. The van der Waals surface area contributed by atoms with Crippen molar-refractivity contribution in [2.24, 2.45) is 0 Å². The van der Waals surface area contributed by atoms with E-state index in [1.807, 2.05) is 0 Å². The van der Waals surface area contributed by atoms with Crippen LogP contribution in [0.15, 0.2) is 53.4 Å². The van der Waals surface area contributed by atoms with Crippen molar-refractivity contribution in [3.63, 3.8) is 0 Å². The van der Waals surface area contributed by atoms with Gasteiger partial charge in [-0.2, -0.15) is 4.31 Å². The van der Waals surface area contributed by atoms with Gasteiger partial charge in [0.1, 0.15) is 0 Å². The second kappa shape index (κ2) is 7.96. The predicted molar refractivity (Wildman–Crippen MR) is 110 cm³/mol. The average molecular weight is 413 g/mol. The Hall–Kier alpha value is -2.71. The highest BCUT2D eigenvalue weighted by Crippen LogP contribution is 2.24. The Morgan fingerprint density at radius 2 is 1.52 bits per heavy atom. The molecule has 7 nitrogen and oxygen atoms in total. The molecule has 152 valence electrons. The summed E-state index contributed by atoms with van der Waals surface area (Å²) in [5, 5.41) is 2.78. The van der Waals surface area contributed by atoms with Crippen molar-refractivity contribution in [2.75, 3.05) is 29.9 Å². The third-order valence-corrected chi connectivity index (χ3v) is 7.24. The highest BCUT2D eigenvalue weighted by molar-refractivity contribution is 7.89. The van der Waals surface area contributed by atoms with E-state index in [1.54, 1.807) is 41.3 Å². The van der Waals surface area contributed by atoms with Crippen molar-refractivity contribution < 1.29 is 18.0 Å². The highest BCUT2D eigenvalue weighted by atomic mass is 32.2. The first-order chi connectivity index (χ1) is 13.9. The van der Waals surface area contributed by atoms with Crippen molar-refractivity contribution in [2.45, 2.75) is 30.6 Å². The number of rotatable bonds is 5. The van der Waals surface area contributed by atoms with E-state index in [0.717, 1.165) is 24.9 Å². The maximum atomic E-state index is 12.6. The van der Waals surface area contributed by atoms with Crippen LogP contribution in [0.1, 0.15) is 36.0 Å². The molecule has 0 saturated carbocycles. The summed E-state index contributed by atoms with van der Waals surface area (Å²) in [6, 6.07) is 13.1. The summed E-state index contributed by atoms with van der Waals surface area (Å²) < 4.78 is 26.6. The van der Waals surface area contributed by atoms with Crippen LogP contribution >= 0.6 is 0 Å². The summed E-state index contributed by atoms with van der Waals surface area (Å²) in [6.45, 7) is 1.82. The fourth-order valence-electron chi connectivity index (χ4n) is 3.70. The van der Waals surface area contributed by atoms with E-state index in [0.29, 0.717) is 37.3 Å². The van der Waals surface area contributed by atoms with E-state index in [2.05, 4.69) is 5.32 Å². The molecule has 1 N–H and O–H groups in total. The second-order valence-electron chi connectivity index (χ2n) is 7.29. The number of anilines is 2. The molecular weight excluding hydrogens is 390 g/mol. The number of carbonyl (C=O) groups excluding carboxylic acids is 2. The van der Waals surface area contributed by atoms with Crippen LogP contribution in [0.25, 0.3) is 0 Å². The monoisotopic (exact) mass is 413 g/mol. The molecule has 0 spiro atoms. The van der Waals surface area contributed by atoms with Gasteiger partial charge in [-0.15, -0.1) is 0 Å². The summed E-state index contributed by atoms with van der Waals surface area (Å²) in [5.41, 5.74) is 1.78. The van der Waals surface area contributed by atoms with Crippen LogP contribution in [0.3, 0.4) is 0 Å². The number of sulfonamides is 1. The molecule has 2 amide bonds. The largest absolute Gasteiger partial charge is 0.322 e. The Labute approximate surface area is 170 Å². The molecule has 2 fully saturated rings. The van der Waals surface area contributed by atoms with Crippen molar-refractivity contribution in [1.82, 2.24) is 4.31 Å². The molecule has 2 aliphatic heterocycles. The van der Waals surface area contributed by atoms with E-state index >= 15 is 0 Å². The van der Waals surface area contributed by atoms with Crippen LogP contribution in [-0.4, -0.2) is 44.2 Å². The summed E-state index contributed by atoms with van der Waals surface area (Å²) in [6.07, 6.45) is 3.19. The second-order valence-corrected chi connectivity index (χ2v) is 9.22. The van der Waals surface area contributed by atoms with Gasteiger partial charge in [0.05, 0.1) is 4.90 Å². The van der Waals surface area contributed by atoms with Gasteiger partial charge < -0.3 is 10.2 Å². The summed E-state index contributed by atoms with van der Waals surface area (Å²) in [7, 11) is -3.47. The quantitative estimate of drug-likeness (QED) is 0.817. The number of hydrogen-bond acceptors (Lipinski definition) is 4. The molecule has 2 heterocycles. The number of carbonyl (C=O) groups is 2. The SMILES string of the molecule is O=C(Nc1ccc(S(=O)(=O)N2CCCC2)cc1)c1ccc(N2CCCC2=O)cc1. The zero-order valence-electron chi connectivity index (χ0n) is 16.0. The van der Waals surface area contributed by atoms with Gasteiger partial charge in [-0.05, 0) is 67.8 Å². The van der Waals surface area contributed by atoms with Crippen LogP contribution in [0.4, 0.5) is 11.4 Å². The molecule has 2 aliphatic rings. The van der Waals surface area contributed by atoms with E-state index in [9.17, 15) is 18.0 Å². The van der Waals surface area contributed by atoms with Gasteiger partial charge in [0.15, 0.2) is 0 Å². The third-order valence-electron chi connectivity index (χ3n) is 5.33. The van der Waals surface area contributed by atoms with Gasteiger partial charge in [-0.25, -0.2) is 8.42 Å². The minimum atomic E-state index is -3.47. The Kier molecular flexibility index (Phi) is 5.38. The van der Waals surface area contributed by atoms with Gasteiger partial charge in [0, 0.05) is 43.0 Å². The number of nitrogens with zero attached hydrogens (tertiary/aromatic N) is 2. The van der Waals surface area contributed by atoms with E-state index in [4.69, 9.17) is 0 Å². The lowest BCUT2D eigenvalue weighted by Gasteiger charge is -2.16. The minimum Gasteiger partial charge on any atom is -0.322 e. The lowest BCUT2D eigenvalue weighted by molar-refractivity contribution is -0.117. The molecule has 0 unspecified atom stereocenters. The Morgan fingerprint density at radius 3 is 2.10 bits per heavy atom. The Bertz CT molecular complexity index is 1010. The lowest BCUT2D eigenvalue weighted by Crippen LogP contribution is -2.27. The van der Waals surface area contributed by atoms with Crippen molar-refractivity contribution in [3.8, 4) is 0 Å². The molecule has 2 aromatic carbocycles. The number of nitrogens with one attached hydrogen (secondary N) is 1. The zero-order chi connectivity index (χ0) is 20.4. The van der Waals surface area contributed by atoms with Gasteiger partial charge in [-0.1, -0.05) is 0 Å². The summed E-state index contributed by atoms with van der Waals surface area (Å²) in [4.78, 5) is 26.3. The van der Waals surface area contributed by atoms with Crippen LogP contribution in [0.2, 0.25) is 0 Å². The van der Waals surface area contributed by atoms with Gasteiger partial charge in [0.2, 0.25) is 15.9 Å². The topological polar surface area (TPSA) is 86.8 Å². The lowest BCUT2D eigenvalue weighted by atomic mass is 10.1. The van der Waals surface area contributed by atoms with Crippen LogP contribution < -0.4 is 10.2 Å². The summed E-state index contributed by atoms with van der Waals surface area (Å²) >= 11 is 0. The van der Waals surface area contributed by atoms with Gasteiger partial charge >= 0.3 is 0 Å². The van der Waals surface area contributed by atoms with Crippen LogP contribution in [0.5, 0.6) is 0 Å². The van der Waals surface area contributed by atoms with Gasteiger partial charge in [-0.3, -0.25) is 9.59 Å². The van der Waals surface area contributed by atoms with E-state index in [-0.39, 0.29) is 16.7 Å². The first kappa shape index (κ1) is 19.6. The molecule has 0 bridgehead atoms. The molecule has 0 radical (unpaired) electrons. The smallest absolute Gasteiger partial charge is 0.255 e. The fraction of sp³-hybridized carbons (Fsp3) is 0.333. The molecule has 0 atom stereocenters. The molecule has 2 aromatic rings. The molecule has 2 saturated heterocycles. The number of amides is 2. The predicted octanol–water partition coefficient (Wildman–Crippen LogP) is 2.85. The van der Waals surface area contributed by atoms with E-state index in [1.165, 1.54) is 16.4 Å². The molecule has 8 heteroatoms. The molecule has 4 rings (SSSR count). The molecular formula is C21H23N3O4S. The van der Waals surface area contributed by atoms with Crippen LogP contribution in [-0.2, 0) is 14.8 Å². The maximum absolute atomic E-state index is 12.6. The number of benzene rings is 2. The molecule has 0 aliphatic carbocycles. The van der Waals surface area contributed by atoms with Crippen molar-refractivity contribution in [3.05, 3.63) is 54.1 Å². The Balaban J connectivity index is 1.42. The number of hydrogen-bond donors (Lipinski definition) is 1. The normalized spacial score (nSPS) is 17.7. The minimum absolute atomic E-state index is 0.103.